The largest absolute Gasteiger partial charge is 0.479 e. The molecule has 1 heterocycles. The Morgan fingerprint density at radius 2 is 2.09 bits per heavy atom. The van der Waals surface area contributed by atoms with Gasteiger partial charge in [0.2, 0.25) is 0 Å². The highest BCUT2D eigenvalue weighted by atomic mass is 16.5. The molecule has 120 valence electrons. The SMILES string of the molecule is C=C(C)CN1C(=O)C(C)Oc2ccc(C(N)C(C)(C)C)cc21. The summed E-state index contributed by atoms with van der Waals surface area (Å²) >= 11 is 0. The van der Waals surface area contributed by atoms with Gasteiger partial charge >= 0.3 is 0 Å². The van der Waals surface area contributed by atoms with E-state index in [1.165, 1.54) is 0 Å². The first-order valence-corrected chi connectivity index (χ1v) is 7.63. The summed E-state index contributed by atoms with van der Waals surface area (Å²) in [4.78, 5) is 14.2. The van der Waals surface area contributed by atoms with E-state index in [0.717, 1.165) is 22.6 Å². The molecular weight excluding hydrogens is 276 g/mol. The van der Waals surface area contributed by atoms with Gasteiger partial charge in [-0.05, 0) is 37.0 Å². The lowest BCUT2D eigenvalue weighted by Gasteiger charge is -2.35. The summed E-state index contributed by atoms with van der Waals surface area (Å²) in [5.41, 5.74) is 9.01. The number of carbonyl (C=O) groups excluding carboxylic acids is 1. The molecule has 1 aromatic carbocycles. The van der Waals surface area contributed by atoms with Gasteiger partial charge in [-0.3, -0.25) is 4.79 Å². The first-order valence-electron chi connectivity index (χ1n) is 7.63. The molecule has 1 aliphatic heterocycles. The number of nitrogens with two attached hydrogens (primary N) is 1. The maximum atomic E-state index is 12.4. The molecule has 2 N–H and O–H groups in total. The maximum absolute atomic E-state index is 12.4. The fourth-order valence-corrected chi connectivity index (χ4v) is 2.55. The lowest BCUT2D eigenvalue weighted by Crippen LogP contribution is -2.45. The van der Waals surface area contributed by atoms with Crippen molar-refractivity contribution < 1.29 is 9.53 Å². The number of amides is 1. The number of carbonyl (C=O) groups is 1. The first kappa shape index (κ1) is 16.6. The molecule has 2 rings (SSSR count). The molecule has 0 fully saturated rings. The normalized spacial score (nSPS) is 19.5. The summed E-state index contributed by atoms with van der Waals surface area (Å²) in [6, 6.07) is 5.75. The van der Waals surface area contributed by atoms with Crippen molar-refractivity contribution in [1.29, 1.82) is 0 Å². The highest BCUT2D eigenvalue weighted by Gasteiger charge is 2.32. The molecule has 2 atom stereocenters. The molecule has 2 unspecified atom stereocenters. The quantitative estimate of drug-likeness (QED) is 0.870. The van der Waals surface area contributed by atoms with Crippen LogP contribution in [0, 0.1) is 5.41 Å². The van der Waals surface area contributed by atoms with Crippen molar-refractivity contribution >= 4 is 11.6 Å². The van der Waals surface area contributed by atoms with E-state index in [4.69, 9.17) is 10.5 Å². The van der Waals surface area contributed by atoms with Crippen molar-refractivity contribution in [2.75, 3.05) is 11.4 Å². The van der Waals surface area contributed by atoms with Crippen LogP contribution in [0.15, 0.2) is 30.4 Å². The molecule has 22 heavy (non-hydrogen) atoms. The number of hydrogen-bond acceptors (Lipinski definition) is 3. The van der Waals surface area contributed by atoms with Crippen LogP contribution in [0.4, 0.5) is 5.69 Å². The van der Waals surface area contributed by atoms with Crippen LogP contribution in [-0.2, 0) is 4.79 Å². The number of nitrogens with zero attached hydrogens (tertiary/aromatic N) is 1. The van der Waals surface area contributed by atoms with Gasteiger partial charge in [0, 0.05) is 12.6 Å². The minimum atomic E-state index is -0.478. The van der Waals surface area contributed by atoms with Crippen molar-refractivity contribution in [3.63, 3.8) is 0 Å². The van der Waals surface area contributed by atoms with E-state index in [2.05, 4.69) is 27.4 Å². The van der Waals surface area contributed by atoms with Crippen LogP contribution >= 0.6 is 0 Å². The summed E-state index contributed by atoms with van der Waals surface area (Å²) in [5, 5.41) is 0. The van der Waals surface area contributed by atoms with Crippen LogP contribution in [0.1, 0.15) is 46.2 Å². The third kappa shape index (κ3) is 3.17. The zero-order valence-corrected chi connectivity index (χ0v) is 14.1. The van der Waals surface area contributed by atoms with E-state index >= 15 is 0 Å². The smallest absolute Gasteiger partial charge is 0.268 e. The van der Waals surface area contributed by atoms with Crippen LogP contribution < -0.4 is 15.4 Å². The van der Waals surface area contributed by atoms with Gasteiger partial charge in [0.05, 0.1) is 5.69 Å². The summed E-state index contributed by atoms with van der Waals surface area (Å²) in [7, 11) is 0. The minimum Gasteiger partial charge on any atom is -0.479 e. The topological polar surface area (TPSA) is 55.6 Å². The van der Waals surface area contributed by atoms with E-state index < -0.39 is 6.10 Å². The molecule has 0 aromatic heterocycles. The minimum absolute atomic E-state index is 0.0445. The molecule has 0 bridgehead atoms. The van der Waals surface area contributed by atoms with Crippen LogP contribution in [-0.4, -0.2) is 18.6 Å². The van der Waals surface area contributed by atoms with E-state index in [1.807, 2.05) is 25.1 Å². The standard InChI is InChI=1S/C18H26N2O2/c1-11(2)10-20-14-9-13(16(19)18(4,5)6)7-8-15(14)22-12(3)17(20)21/h7-9,12,16H,1,10,19H2,2-6H3. The van der Waals surface area contributed by atoms with Crippen LogP contribution in [0.2, 0.25) is 0 Å². The summed E-state index contributed by atoms with van der Waals surface area (Å²) < 4.78 is 5.71. The Balaban J connectivity index is 2.47. The van der Waals surface area contributed by atoms with Crippen molar-refractivity contribution in [1.82, 2.24) is 0 Å². The Hall–Kier alpha value is -1.81. The average Bonchev–Trinajstić information content (AvgIpc) is 2.41. The van der Waals surface area contributed by atoms with Crippen LogP contribution in [0.5, 0.6) is 5.75 Å². The number of anilines is 1. The first-order chi connectivity index (χ1) is 10.1. The second kappa shape index (κ2) is 5.76. The molecular formula is C18H26N2O2. The molecule has 1 aromatic rings. The molecule has 1 aliphatic rings. The van der Waals surface area contributed by atoms with Gasteiger partial charge in [-0.1, -0.05) is 39.0 Å². The molecule has 1 amide bonds. The Bertz CT molecular complexity index is 602. The van der Waals surface area contributed by atoms with Crippen molar-refractivity contribution in [3.05, 3.63) is 35.9 Å². The third-order valence-electron chi connectivity index (χ3n) is 3.91. The van der Waals surface area contributed by atoms with Gasteiger partial charge in [-0.15, -0.1) is 0 Å². The van der Waals surface area contributed by atoms with Gasteiger partial charge in [-0.2, -0.15) is 0 Å². The second-order valence-electron chi connectivity index (χ2n) is 7.21. The molecule has 0 saturated heterocycles. The predicted octanol–water partition coefficient (Wildman–Crippen LogP) is 3.42. The van der Waals surface area contributed by atoms with Gasteiger partial charge in [0.15, 0.2) is 6.10 Å². The lowest BCUT2D eigenvalue weighted by molar-refractivity contribution is -0.125. The summed E-state index contributed by atoms with van der Waals surface area (Å²) in [6.07, 6.45) is -0.478. The number of benzene rings is 1. The molecule has 4 nitrogen and oxygen atoms in total. The van der Waals surface area contributed by atoms with Gasteiger partial charge in [0.1, 0.15) is 5.75 Å². The van der Waals surface area contributed by atoms with Crippen LogP contribution in [0.3, 0.4) is 0 Å². The number of rotatable bonds is 3. The molecule has 0 saturated carbocycles. The fourth-order valence-electron chi connectivity index (χ4n) is 2.55. The van der Waals surface area contributed by atoms with Gasteiger partial charge in [-0.25, -0.2) is 0 Å². The zero-order chi connectivity index (χ0) is 16.7. The molecule has 4 heteroatoms. The Kier molecular flexibility index (Phi) is 4.34. The van der Waals surface area contributed by atoms with Crippen molar-refractivity contribution in [2.45, 2.75) is 46.8 Å². The number of hydrogen-bond donors (Lipinski definition) is 1. The van der Waals surface area contributed by atoms with E-state index in [-0.39, 0.29) is 17.4 Å². The Labute approximate surface area is 132 Å². The zero-order valence-electron chi connectivity index (χ0n) is 14.1. The summed E-state index contributed by atoms with van der Waals surface area (Å²) in [5.74, 6) is 0.676. The fraction of sp³-hybridized carbons (Fsp3) is 0.500. The van der Waals surface area contributed by atoms with E-state index in [0.29, 0.717) is 6.54 Å². The molecule has 0 spiro atoms. The van der Waals surface area contributed by atoms with Crippen LogP contribution in [0.25, 0.3) is 0 Å². The average molecular weight is 302 g/mol. The highest BCUT2D eigenvalue weighted by molar-refractivity contribution is 6.00. The maximum Gasteiger partial charge on any atom is 0.268 e. The van der Waals surface area contributed by atoms with Gasteiger partial charge in [0.25, 0.3) is 5.91 Å². The Morgan fingerprint density at radius 1 is 1.45 bits per heavy atom. The summed E-state index contributed by atoms with van der Waals surface area (Å²) in [6.45, 7) is 14.4. The molecule has 0 radical (unpaired) electrons. The second-order valence-corrected chi connectivity index (χ2v) is 7.21. The lowest BCUT2D eigenvalue weighted by atomic mass is 9.83. The third-order valence-corrected chi connectivity index (χ3v) is 3.91. The predicted molar refractivity (Wildman–Crippen MR) is 90.1 cm³/mol. The van der Waals surface area contributed by atoms with E-state index in [9.17, 15) is 4.79 Å². The van der Waals surface area contributed by atoms with Crippen molar-refractivity contribution in [3.8, 4) is 5.75 Å². The van der Waals surface area contributed by atoms with Gasteiger partial charge < -0.3 is 15.4 Å². The monoisotopic (exact) mass is 302 g/mol. The highest BCUT2D eigenvalue weighted by Crippen LogP contribution is 2.39. The Morgan fingerprint density at radius 3 is 2.64 bits per heavy atom. The molecule has 0 aliphatic carbocycles. The number of ether oxygens (including phenoxy) is 1. The van der Waals surface area contributed by atoms with E-state index in [1.54, 1.807) is 11.8 Å². The number of fused-ring (bicyclic) bond motifs is 1. The van der Waals surface area contributed by atoms with Crippen molar-refractivity contribution in [2.24, 2.45) is 11.1 Å².